The lowest BCUT2D eigenvalue weighted by Crippen LogP contribution is -2.21. The van der Waals surface area contributed by atoms with Gasteiger partial charge in [-0.15, -0.1) is 10.2 Å². The van der Waals surface area contributed by atoms with E-state index in [0.29, 0.717) is 18.3 Å². The lowest BCUT2D eigenvalue weighted by atomic mass is 10.0. The number of carbonyl (C=O) groups is 1. The summed E-state index contributed by atoms with van der Waals surface area (Å²) in [5.74, 6) is 1.05. The number of hydrogen-bond donors (Lipinski definition) is 1. The average molecular weight is 320 g/mol. The number of nitrogens with one attached hydrogen (secondary N) is 1. The first-order chi connectivity index (χ1) is 11.6. The molecule has 0 saturated carbocycles. The summed E-state index contributed by atoms with van der Waals surface area (Å²) in [6.45, 7) is 4.65. The van der Waals surface area contributed by atoms with Gasteiger partial charge in [0.05, 0.1) is 6.54 Å². The Bertz CT molecular complexity index is 862. The van der Waals surface area contributed by atoms with Crippen LogP contribution in [0.3, 0.4) is 0 Å². The molecular weight excluding hydrogens is 300 g/mol. The number of hydrogen-bond acceptors (Lipinski definition) is 3. The van der Waals surface area contributed by atoms with Crippen LogP contribution in [0.2, 0.25) is 0 Å². The summed E-state index contributed by atoms with van der Waals surface area (Å²) in [4.78, 5) is 12.0. The Balaban J connectivity index is 1.59. The van der Waals surface area contributed by atoms with E-state index < -0.39 is 0 Å². The van der Waals surface area contributed by atoms with Crippen LogP contribution < -0.4 is 5.32 Å². The van der Waals surface area contributed by atoms with Crippen molar-refractivity contribution in [2.24, 2.45) is 0 Å². The second-order valence-corrected chi connectivity index (χ2v) is 5.92. The normalized spacial score (nSPS) is 11.5. The Hall–Kier alpha value is -2.95. The van der Waals surface area contributed by atoms with E-state index in [1.165, 1.54) is 11.6 Å². The summed E-state index contributed by atoms with van der Waals surface area (Å²) in [6.07, 6.45) is 5.22. The summed E-state index contributed by atoms with van der Waals surface area (Å²) < 4.78 is 1.86. The molecule has 1 N–H and O–H groups in total. The fourth-order valence-corrected chi connectivity index (χ4v) is 2.40. The van der Waals surface area contributed by atoms with Gasteiger partial charge in [0.15, 0.2) is 11.5 Å². The van der Waals surface area contributed by atoms with Crippen LogP contribution in [0.15, 0.2) is 54.7 Å². The van der Waals surface area contributed by atoms with Crippen molar-refractivity contribution >= 4 is 17.6 Å². The zero-order valence-electron chi connectivity index (χ0n) is 13.8. The van der Waals surface area contributed by atoms with Crippen molar-refractivity contribution in [1.29, 1.82) is 0 Å². The number of nitrogens with zero attached hydrogens (tertiary/aromatic N) is 3. The molecule has 0 aliphatic heterocycles. The van der Waals surface area contributed by atoms with Crippen molar-refractivity contribution in [2.75, 3.05) is 0 Å². The fourth-order valence-electron chi connectivity index (χ4n) is 2.40. The zero-order valence-corrected chi connectivity index (χ0v) is 13.8. The lowest BCUT2D eigenvalue weighted by molar-refractivity contribution is -0.116. The molecule has 5 nitrogen and oxygen atoms in total. The van der Waals surface area contributed by atoms with Crippen LogP contribution in [0, 0.1) is 0 Å². The summed E-state index contributed by atoms with van der Waals surface area (Å²) in [5, 5.41) is 11.0. The standard InChI is InChI=1S/C19H20N4O/c1-14(2)16-9-6-15(7-10-16)8-11-19(24)20-13-18-22-21-17-5-3-4-12-23(17)18/h3-12,14H,13H2,1-2H3,(H,20,24)/b11-8+. The topological polar surface area (TPSA) is 59.3 Å². The molecule has 0 fully saturated rings. The minimum absolute atomic E-state index is 0.157. The quantitative estimate of drug-likeness (QED) is 0.735. The Labute approximate surface area is 141 Å². The molecule has 1 aromatic carbocycles. The van der Waals surface area contributed by atoms with Crippen LogP contribution in [0.1, 0.15) is 36.7 Å². The molecule has 0 aliphatic rings. The van der Waals surface area contributed by atoms with Gasteiger partial charge in [-0.05, 0) is 35.3 Å². The number of pyridine rings is 1. The highest BCUT2D eigenvalue weighted by Gasteiger charge is 2.05. The van der Waals surface area contributed by atoms with Gasteiger partial charge in [0, 0.05) is 12.3 Å². The molecule has 0 atom stereocenters. The maximum absolute atomic E-state index is 12.0. The van der Waals surface area contributed by atoms with Crippen LogP contribution in [0.5, 0.6) is 0 Å². The third kappa shape index (κ3) is 3.68. The zero-order chi connectivity index (χ0) is 16.9. The molecule has 3 aromatic rings. The van der Waals surface area contributed by atoms with Crippen molar-refractivity contribution in [3.63, 3.8) is 0 Å². The molecule has 2 heterocycles. The van der Waals surface area contributed by atoms with Gasteiger partial charge in [-0.25, -0.2) is 0 Å². The van der Waals surface area contributed by atoms with Gasteiger partial charge in [-0.1, -0.05) is 44.2 Å². The van der Waals surface area contributed by atoms with E-state index in [0.717, 1.165) is 11.2 Å². The summed E-state index contributed by atoms with van der Waals surface area (Å²) in [7, 11) is 0. The van der Waals surface area contributed by atoms with Gasteiger partial charge in [0.1, 0.15) is 0 Å². The SMILES string of the molecule is CC(C)c1ccc(/C=C/C(=O)NCc2nnc3ccccn23)cc1. The molecule has 3 rings (SSSR count). The van der Waals surface area contributed by atoms with Crippen LogP contribution >= 0.6 is 0 Å². The Morgan fingerprint density at radius 1 is 1.17 bits per heavy atom. The highest BCUT2D eigenvalue weighted by molar-refractivity contribution is 5.91. The van der Waals surface area contributed by atoms with E-state index in [1.807, 2.05) is 40.9 Å². The maximum Gasteiger partial charge on any atom is 0.244 e. The third-order valence-electron chi connectivity index (χ3n) is 3.84. The molecule has 122 valence electrons. The number of carbonyl (C=O) groups excluding carboxylic acids is 1. The van der Waals surface area contributed by atoms with Gasteiger partial charge in [-0.2, -0.15) is 0 Å². The molecule has 0 radical (unpaired) electrons. The Morgan fingerprint density at radius 2 is 1.96 bits per heavy atom. The van der Waals surface area contributed by atoms with Gasteiger partial charge < -0.3 is 5.32 Å². The van der Waals surface area contributed by atoms with Gasteiger partial charge in [-0.3, -0.25) is 9.20 Å². The lowest BCUT2D eigenvalue weighted by Gasteiger charge is -2.04. The third-order valence-corrected chi connectivity index (χ3v) is 3.84. The minimum Gasteiger partial charge on any atom is -0.345 e. The van der Waals surface area contributed by atoms with Crippen LogP contribution in [0.25, 0.3) is 11.7 Å². The van der Waals surface area contributed by atoms with Crippen LogP contribution in [0.4, 0.5) is 0 Å². The number of rotatable bonds is 5. The second kappa shape index (κ2) is 7.08. The largest absolute Gasteiger partial charge is 0.345 e. The highest BCUT2D eigenvalue weighted by Crippen LogP contribution is 2.15. The first-order valence-electron chi connectivity index (χ1n) is 7.98. The molecule has 1 amide bonds. The number of aromatic nitrogens is 3. The van der Waals surface area contributed by atoms with E-state index in [9.17, 15) is 4.79 Å². The Kier molecular flexibility index (Phi) is 4.70. The molecule has 24 heavy (non-hydrogen) atoms. The van der Waals surface area contributed by atoms with E-state index in [2.05, 4.69) is 41.5 Å². The van der Waals surface area contributed by atoms with Crippen molar-refractivity contribution in [3.8, 4) is 0 Å². The van der Waals surface area contributed by atoms with Crippen molar-refractivity contribution in [3.05, 3.63) is 71.7 Å². The van der Waals surface area contributed by atoms with Crippen molar-refractivity contribution in [1.82, 2.24) is 19.9 Å². The number of benzene rings is 1. The average Bonchev–Trinajstić information content (AvgIpc) is 3.01. The monoisotopic (exact) mass is 320 g/mol. The Morgan fingerprint density at radius 3 is 2.71 bits per heavy atom. The van der Waals surface area contributed by atoms with Gasteiger partial charge in [0.2, 0.25) is 5.91 Å². The van der Waals surface area contributed by atoms with E-state index in [4.69, 9.17) is 0 Å². The van der Waals surface area contributed by atoms with Crippen molar-refractivity contribution in [2.45, 2.75) is 26.3 Å². The van der Waals surface area contributed by atoms with E-state index in [-0.39, 0.29) is 5.91 Å². The number of fused-ring (bicyclic) bond motifs is 1. The molecule has 0 spiro atoms. The minimum atomic E-state index is -0.157. The molecule has 0 aliphatic carbocycles. The smallest absolute Gasteiger partial charge is 0.244 e. The number of amides is 1. The first kappa shape index (κ1) is 15.9. The predicted octanol–water partition coefficient (Wildman–Crippen LogP) is 3.18. The van der Waals surface area contributed by atoms with Crippen molar-refractivity contribution < 1.29 is 4.79 Å². The van der Waals surface area contributed by atoms with Gasteiger partial charge >= 0.3 is 0 Å². The van der Waals surface area contributed by atoms with Crippen LogP contribution in [-0.4, -0.2) is 20.5 Å². The molecular formula is C19H20N4O. The highest BCUT2D eigenvalue weighted by atomic mass is 16.1. The summed E-state index contributed by atoms with van der Waals surface area (Å²) in [5.41, 5.74) is 3.06. The maximum atomic E-state index is 12.0. The second-order valence-electron chi connectivity index (χ2n) is 5.92. The van der Waals surface area contributed by atoms with E-state index >= 15 is 0 Å². The molecule has 2 aromatic heterocycles. The molecule has 0 saturated heterocycles. The van der Waals surface area contributed by atoms with Crippen LogP contribution in [-0.2, 0) is 11.3 Å². The molecule has 0 bridgehead atoms. The van der Waals surface area contributed by atoms with Gasteiger partial charge in [0.25, 0.3) is 0 Å². The summed E-state index contributed by atoms with van der Waals surface area (Å²) in [6, 6.07) is 13.9. The first-order valence-corrected chi connectivity index (χ1v) is 7.98. The predicted molar refractivity (Wildman–Crippen MR) is 94.4 cm³/mol. The molecule has 0 unspecified atom stereocenters. The molecule has 5 heteroatoms. The van der Waals surface area contributed by atoms with E-state index in [1.54, 1.807) is 6.08 Å². The fraction of sp³-hybridized carbons (Fsp3) is 0.211. The summed E-state index contributed by atoms with van der Waals surface area (Å²) >= 11 is 0.